The number of fused-ring (bicyclic) bond motifs is 2. The van der Waals surface area contributed by atoms with Crippen LogP contribution in [0.15, 0.2) is 36.4 Å². The smallest absolute Gasteiger partial charge is 0.260 e. The van der Waals surface area contributed by atoms with Crippen LogP contribution in [0.5, 0.6) is 5.75 Å². The molecule has 7 heteroatoms. The Morgan fingerprint density at radius 3 is 2.60 bits per heavy atom. The van der Waals surface area contributed by atoms with Gasteiger partial charge in [-0.15, -0.1) is 12.4 Å². The van der Waals surface area contributed by atoms with E-state index in [2.05, 4.69) is 17.0 Å². The Hall–Kier alpha value is -2.15. The van der Waals surface area contributed by atoms with Crippen molar-refractivity contribution in [3.63, 3.8) is 0 Å². The fraction of sp³-hybridized carbons (Fsp3) is 0.391. The predicted octanol–water partition coefficient (Wildman–Crippen LogP) is 4.81. The van der Waals surface area contributed by atoms with E-state index in [0.717, 1.165) is 40.9 Å². The van der Waals surface area contributed by atoms with E-state index in [1.54, 1.807) is 7.11 Å². The van der Waals surface area contributed by atoms with E-state index in [0.29, 0.717) is 11.7 Å². The van der Waals surface area contributed by atoms with Gasteiger partial charge in [0, 0.05) is 18.7 Å². The molecule has 0 unspecified atom stereocenters. The monoisotopic (exact) mass is 445 g/mol. The van der Waals surface area contributed by atoms with Crippen LogP contribution in [0.3, 0.4) is 0 Å². The average molecular weight is 446 g/mol. The normalized spacial score (nSPS) is 13.1. The number of likely N-dealkylation sites (N-methyl/N-ethyl adjacent to an activating group) is 1. The SMILES string of the molecule is COc1cccc2sc(N(CCN(C)C)C(=O)c3ccc4c(c3)CCCC4)nc12.Cl. The molecule has 30 heavy (non-hydrogen) atoms. The van der Waals surface area contributed by atoms with Crippen molar-refractivity contribution in [1.82, 2.24) is 9.88 Å². The number of anilines is 1. The van der Waals surface area contributed by atoms with Crippen molar-refractivity contribution in [3.8, 4) is 5.75 Å². The summed E-state index contributed by atoms with van der Waals surface area (Å²) in [6.07, 6.45) is 4.62. The third-order valence-electron chi connectivity index (χ3n) is 5.43. The summed E-state index contributed by atoms with van der Waals surface area (Å²) in [6.45, 7) is 1.36. The number of carbonyl (C=O) groups is 1. The first-order valence-electron chi connectivity index (χ1n) is 10.1. The second-order valence-electron chi connectivity index (χ2n) is 7.75. The molecule has 0 saturated heterocycles. The van der Waals surface area contributed by atoms with Crippen molar-refractivity contribution in [1.29, 1.82) is 0 Å². The molecule has 1 aliphatic rings. The molecule has 2 aromatic carbocycles. The van der Waals surface area contributed by atoms with Gasteiger partial charge in [-0.2, -0.15) is 0 Å². The van der Waals surface area contributed by atoms with Gasteiger partial charge in [0.2, 0.25) is 0 Å². The molecule has 0 radical (unpaired) electrons. The summed E-state index contributed by atoms with van der Waals surface area (Å²) < 4.78 is 6.48. The second-order valence-corrected chi connectivity index (χ2v) is 8.76. The number of aromatic nitrogens is 1. The molecule has 160 valence electrons. The van der Waals surface area contributed by atoms with Gasteiger partial charge in [-0.05, 0) is 75.2 Å². The highest BCUT2D eigenvalue weighted by Crippen LogP contribution is 2.34. The van der Waals surface area contributed by atoms with Crippen LogP contribution in [-0.4, -0.2) is 50.1 Å². The highest BCUT2D eigenvalue weighted by atomic mass is 35.5. The maximum absolute atomic E-state index is 13.5. The standard InChI is InChI=1S/C23H27N3O2S.ClH/c1-25(2)13-14-26(23-24-21-19(28-3)9-6-10-20(21)29-23)22(27)18-12-11-16-7-4-5-8-17(16)15-18;/h6,9-12,15H,4-5,7-8,13-14H2,1-3H3;1H. The van der Waals surface area contributed by atoms with Crippen LogP contribution < -0.4 is 9.64 Å². The lowest BCUT2D eigenvalue weighted by molar-refractivity contribution is 0.0985. The van der Waals surface area contributed by atoms with Crippen LogP contribution >= 0.6 is 23.7 Å². The van der Waals surface area contributed by atoms with Gasteiger partial charge in [0.05, 0.1) is 11.8 Å². The third kappa shape index (κ3) is 4.61. The van der Waals surface area contributed by atoms with Crippen LogP contribution in [-0.2, 0) is 12.8 Å². The average Bonchev–Trinajstić information content (AvgIpc) is 3.17. The van der Waals surface area contributed by atoms with Crippen molar-refractivity contribution in [2.24, 2.45) is 0 Å². The minimum absolute atomic E-state index is 0. The molecule has 5 nitrogen and oxygen atoms in total. The number of methoxy groups -OCH3 is 1. The Kier molecular flexibility index (Phi) is 7.34. The molecule has 0 N–H and O–H groups in total. The molecule has 3 aromatic rings. The fourth-order valence-electron chi connectivity index (χ4n) is 3.80. The van der Waals surface area contributed by atoms with Crippen LogP contribution in [0.1, 0.15) is 34.3 Å². The molecule has 0 saturated carbocycles. The molecular formula is C23H28ClN3O2S. The number of hydrogen-bond acceptors (Lipinski definition) is 5. The summed E-state index contributed by atoms with van der Waals surface area (Å²) in [6, 6.07) is 12.1. The van der Waals surface area contributed by atoms with Crippen LogP contribution in [0.2, 0.25) is 0 Å². The number of benzene rings is 2. The van der Waals surface area contributed by atoms with E-state index in [-0.39, 0.29) is 18.3 Å². The number of para-hydroxylation sites is 1. The van der Waals surface area contributed by atoms with Crippen molar-refractivity contribution in [2.45, 2.75) is 25.7 Å². The number of ether oxygens (including phenoxy) is 1. The largest absolute Gasteiger partial charge is 0.494 e. The number of rotatable bonds is 6. The van der Waals surface area contributed by atoms with E-state index in [1.165, 1.54) is 35.3 Å². The quantitative estimate of drug-likeness (QED) is 0.546. The van der Waals surface area contributed by atoms with Gasteiger partial charge in [0.15, 0.2) is 5.13 Å². The zero-order valence-electron chi connectivity index (χ0n) is 17.7. The molecule has 1 amide bonds. The van der Waals surface area contributed by atoms with Crippen LogP contribution in [0.25, 0.3) is 10.2 Å². The number of thiazole rings is 1. The Labute approximate surface area is 188 Å². The van der Waals surface area contributed by atoms with E-state index in [9.17, 15) is 4.79 Å². The number of hydrogen-bond donors (Lipinski definition) is 0. The molecule has 1 aliphatic carbocycles. The van der Waals surface area contributed by atoms with E-state index in [4.69, 9.17) is 9.72 Å². The minimum Gasteiger partial charge on any atom is -0.494 e. The Morgan fingerprint density at radius 2 is 1.87 bits per heavy atom. The van der Waals surface area contributed by atoms with Crippen molar-refractivity contribution in [3.05, 3.63) is 53.1 Å². The zero-order valence-corrected chi connectivity index (χ0v) is 19.3. The Morgan fingerprint density at radius 1 is 1.10 bits per heavy atom. The lowest BCUT2D eigenvalue weighted by Gasteiger charge is -2.23. The maximum Gasteiger partial charge on any atom is 0.260 e. The summed E-state index contributed by atoms with van der Waals surface area (Å²) in [7, 11) is 5.68. The second kappa shape index (κ2) is 9.77. The third-order valence-corrected chi connectivity index (χ3v) is 6.48. The minimum atomic E-state index is 0. The molecule has 0 atom stereocenters. The highest BCUT2D eigenvalue weighted by Gasteiger charge is 2.23. The van der Waals surface area contributed by atoms with Gasteiger partial charge >= 0.3 is 0 Å². The topological polar surface area (TPSA) is 45.7 Å². The van der Waals surface area contributed by atoms with Gasteiger partial charge in [0.1, 0.15) is 11.3 Å². The molecular weight excluding hydrogens is 418 g/mol. The number of amides is 1. The summed E-state index contributed by atoms with van der Waals surface area (Å²) >= 11 is 1.53. The van der Waals surface area contributed by atoms with Gasteiger partial charge in [-0.1, -0.05) is 23.5 Å². The summed E-state index contributed by atoms with van der Waals surface area (Å²) in [5.41, 5.74) is 4.26. The van der Waals surface area contributed by atoms with Crippen LogP contribution in [0, 0.1) is 0 Å². The summed E-state index contributed by atoms with van der Waals surface area (Å²) in [5.74, 6) is 0.747. The van der Waals surface area contributed by atoms with Gasteiger partial charge in [-0.3, -0.25) is 9.69 Å². The number of aryl methyl sites for hydroxylation is 2. The summed E-state index contributed by atoms with van der Waals surface area (Å²) in [5, 5.41) is 0.717. The Balaban J connectivity index is 0.00000256. The van der Waals surface area contributed by atoms with Crippen molar-refractivity contribution < 1.29 is 9.53 Å². The molecule has 0 aliphatic heterocycles. The Bertz CT molecular complexity index is 1030. The predicted molar refractivity (Wildman–Crippen MR) is 127 cm³/mol. The number of nitrogens with zero attached hydrogens (tertiary/aromatic N) is 3. The first-order chi connectivity index (χ1) is 14.1. The van der Waals surface area contributed by atoms with Crippen molar-refractivity contribution >= 4 is 45.0 Å². The molecule has 0 bridgehead atoms. The highest BCUT2D eigenvalue weighted by molar-refractivity contribution is 7.22. The molecule has 4 rings (SSSR count). The van der Waals surface area contributed by atoms with Gasteiger partial charge in [-0.25, -0.2) is 4.98 Å². The first-order valence-corrected chi connectivity index (χ1v) is 10.9. The summed E-state index contributed by atoms with van der Waals surface area (Å²) in [4.78, 5) is 22.2. The maximum atomic E-state index is 13.5. The molecule has 1 aromatic heterocycles. The molecule has 1 heterocycles. The van der Waals surface area contributed by atoms with Gasteiger partial charge in [0.25, 0.3) is 5.91 Å². The number of carbonyl (C=O) groups excluding carboxylic acids is 1. The number of halogens is 1. The van der Waals surface area contributed by atoms with E-state index >= 15 is 0 Å². The fourth-order valence-corrected chi connectivity index (χ4v) is 4.81. The molecule has 0 spiro atoms. The zero-order chi connectivity index (χ0) is 20.4. The molecule has 0 fully saturated rings. The van der Waals surface area contributed by atoms with Crippen molar-refractivity contribution in [2.75, 3.05) is 39.2 Å². The van der Waals surface area contributed by atoms with E-state index < -0.39 is 0 Å². The lowest BCUT2D eigenvalue weighted by Crippen LogP contribution is -2.36. The van der Waals surface area contributed by atoms with Gasteiger partial charge < -0.3 is 9.64 Å². The first kappa shape index (κ1) is 22.5. The lowest BCUT2D eigenvalue weighted by atomic mass is 9.90. The van der Waals surface area contributed by atoms with Crippen LogP contribution in [0.4, 0.5) is 5.13 Å². The van der Waals surface area contributed by atoms with E-state index in [1.807, 2.05) is 43.3 Å².